The molecule has 0 N–H and O–H groups in total. The standard InChI is InChI=1S/C58H37NO2/c1-2-13-38(14-3-1)42-16-8-19-45(35-42)59(47-21-10-18-44(37-47)48-24-11-15-41-33-34-55-57(56(41)48)52-23-5-7-28-54(52)60-55)46-20-9-17-43(36-46)39-29-31-40(32-30-39)49-25-12-26-51-50-22-4-6-27-53(50)61-58(49)51/h1-37H. The summed E-state index contributed by atoms with van der Waals surface area (Å²) in [6, 6.07) is 80.0. The maximum atomic E-state index is 6.40. The van der Waals surface area contributed by atoms with Crippen molar-refractivity contribution < 1.29 is 8.83 Å². The van der Waals surface area contributed by atoms with Gasteiger partial charge >= 0.3 is 0 Å². The van der Waals surface area contributed by atoms with E-state index >= 15 is 0 Å². The molecule has 0 saturated carbocycles. The molecule has 0 aliphatic heterocycles. The van der Waals surface area contributed by atoms with Crippen LogP contribution in [0.3, 0.4) is 0 Å². The number of hydrogen-bond acceptors (Lipinski definition) is 3. The number of para-hydroxylation sites is 3. The van der Waals surface area contributed by atoms with Crippen molar-refractivity contribution in [1.82, 2.24) is 0 Å². The highest BCUT2D eigenvalue weighted by Gasteiger charge is 2.19. The highest BCUT2D eigenvalue weighted by atomic mass is 16.3. The minimum absolute atomic E-state index is 0.896. The average molecular weight is 780 g/mol. The molecule has 12 rings (SSSR count). The van der Waals surface area contributed by atoms with Gasteiger partial charge in [-0.3, -0.25) is 0 Å². The van der Waals surface area contributed by atoms with Crippen LogP contribution in [0.2, 0.25) is 0 Å². The molecule has 0 spiro atoms. The third-order valence-corrected chi connectivity index (χ3v) is 12.0. The van der Waals surface area contributed by atoms with Gasteiger partial charge in [-0.1, -0.05) is 170 Å². The van der Waals surface area contributed by atoms with Crippen LogP contribution in [-0.2, 0) is 0 Å². The van der Waals surface area contributed by atoms with E-state index in [1.807, 2.05) is 18.2 Å². The van der Waals surface area contributed by atoms with E-state index in [1.54, 1.807) is 0 Å². The van der Waals surface area contributed by atoms with Crippen LogP contribution < -0.4 is 4.90 Å². The van der Waals surface area contributed by atoms with Gasteiger partial charge in [0.25, 0.3) is 0 Å². The number of anilines is 3. The molecule has 0 radical (unpaired) electrons. The Labute approximate surface area is 353 Å². The first-order valence-electron chi connectivity index (χ1n) is 20.7. The van der Waals surface area contributed by atoms with Gasteiger partial charge in [-0.15, -0.1) is 0 Å². The largest absolute Gasteiger partial charge is 0.456 e. The van der Waals surface area contributed by atoms with E-state index in [0.717, 1.165) is 94.3 Å². The van der Waals surface area contributed by atoms with Crippen molar-refractivity contribution in [1.29, 1.82) is 0 Å². The summed E-state index contributed by atoms with van der Waals surface area (Å²) in [6.07, 6.45) is 0. The fourth-order valence-electron chi connectivity index (χ4n) is 9.19. The summed E-state index contributed by atoms with van der Waals surface area (Å²) in [5, 5.41) is 6.92. The lowest BCUT2D eigenvalue weighted by Gasteiger charge is -2.27. The number of fused-ring (bicyclic) bond motifs is 8. The van der Waals surface area contributed by atoms with Crippen LogP contribution in [0.15, 0.2) is 233 Å². The molecule has 286 valence electrons. The maximum absolute atomic E-state index is 6.40. The Balaban J connectivity index is 0.983. The summed E-state index contributed by atoms with van der Waals surface area (Å²) in [5.74, 6) is 0. The molecule has 0 saturated heterocycles. The van der Waals surface area contributed by atoms with Gasteiger partial charge in [0.1, 0.15) is 22.3 Å². The minimum Gasteiger partial charge on any atom is -0.456 e. The molecule has 12 aromatic rings. The van der Waals surface area contributed by atoms with Crippen molar-refractivity contribution in [2.75, 3.05) is 4.90 Å². The lowest BCUT2D eigenvalue weighted by atomic mass is 9.94. The number of rotatable bonds is 7. The molecule has 0 fully saturated rings. The van der Waals surface area contributed by atoms with E-state index in [2.05, 4.69) is 211 Å². The molecule has 2 aromatic heterocycles. The molecule has 10 aromatic carbocycles. The molecule has 2 heterocycles. The summed E-state index contributed by atoms with van der Waals surface area (Å²) in [5.41, 5.74) is 16.0. The molecular formula is C58H37NO2. The van der Waals surface area contributed by atoms with E-state index in [4.69, 9.17) is 8.83 Å². The molecule has 0 aliphatic carbocycles. The Hall–Kier alpha value is -8.14. The van der Waals surface area contributed by atoms with Crippen LogP contribution in [0.25, 0.3) is 99.2 Å². The van der Waals surface area contributed by atoms with Crippen LogP contribution >= 0.6 is 0 Å². The molecule has 61 heavy (non-hydrogen) atoms. The van der Waals surface area contributed by atoms with Gasteiger partial charge in [-0.25, -0.2) is 0 Å². The predicted molar refractivity (Wildman–Crippen MR) is 255 cm³/mol. The van der Waals surface area contributed by atoms with E-state index in [-0.39, 0.29) is 0 Å². The third kappa shape index (κ3) is 5.98. The molecule has 0 unspecified atom stereocenters. The van der Waals surface area contributed by atoms with Gasteiger partial charge < -0.3 is 13.7 Å². The Morgan fingerprint density at radius 2 is 0.803 bits per heavy atom. The SMILES string of the molecule is c1ccc(-c2cccc(N(c3cccc(-c4ccc(-c5cccc6c5oc5ccccc56)cc4)c3)c3cccc(-c4cccc5ccc6oc7ccccc7c6c45)c3)c2)cc1. The van der Waals surface area contributed by atoms with Gasteiger partial charge in [-0.2, -0.15) is 0 Å². The molecule has 0 amide bonds. The summed E-state index contributed by atoms with van der Waals surface area (Å²) in [7, 11) is 0. The maximum Gasteiger partial charge on any atom is 0.143 e. The summed E-state index contributed by atoms with van der Waals surface area (Å²) in [6.45, 7) is 0. The Kier molecular flexibility index (Phi) is 8.17. The van der Waals surface area contributed by atoms with E-state index < -0.39 is 0 Å². The molecule has 3 heteroatoms. The Morgan fingerprint density at radius 1 is 0.279 bits per heavy atom. The smallest absolute Gasteiger partial charge is 0.143 e. The van der Waals surface area contributed by atoms with Crippen LogP contribution in [0.1, 0.15) is 0 Å². The summed E-state index contributed by atoms with van der Waals surface area (Å²) in [4.78, 5) is 2.38. The summed E-state index contributed by atoms with van der Waals surface area (Å²) < 4.78 is 12.8. The van der Waals surface area contributed by atoms with Crippen molar-refractivity contribution in [2.45, 2.75) is 0 Å². The van der Waals surface area contributed by atoms with Gasteiger partial charge in [0.05, 0.1) is 0 Å². The summed E-state index contributed by atoms with van der Waals surface area (Å²) >= 11 is 0. The fraction of sp³-hybridized carbons (Fsp3) is 0. The van der Waals surface area contributed by atoms with Gasteiger partial charge in [0.15, 0.2) is 0 Å². The van der Waals surface area contributed by atoms with Crippen molar-refractivity contribution in [3.63, 3.8) is 0 Å². The molecule has 3 nitrogen and oxygen atoms in total. The van der Waals surface area contributed by atoms with Crippen LogP contribution in [0.5, 0.6) is 0 Å². The van der Waals surface area contributed by atoms with Crippen molar-refractivity contribution in [3.05, 3.63) is 224 Å². The third-order valence-electron chi connectivity index (χ3n) is 12.0. The van der Waals surface area contributed by atoms with E-state index in [1.165, 1.54) is 21.9 Å². The zero-order chi connectivity index (χ0) is 40.3. The van der Waals surface area contributed by atoms with Gasteiger partial charge in [-0.05, 0) is 98.9 Å². The molecule has 0 atom stereocenters. The molecule has 0 bridgehead atoms. The average Bonchev–Trinajstić information content (AvgIpc) is 3.91. The monoisotopic (exact) mass is 779 g/mol. The van der Waals surface area contributed by atoms with Crippen LogP contribution in [0.4, 0.5) is 17.1 Å². The Morgan fingerprint density at radius 3 is 1.54 bits per heavy atom. The first-order chi connectivity index (χ1) is 30.2. The topological polar surface area (TPSA) is 29.5 Å². The fourth-order valence-corrected chi connectivity index (χ4v) is 9.19. The second kappa shape index (κ2) is 14.3. The zero-order valence-electron chi connectivity index (χ0n) is 33.1. The van der Waals surface area contributed by atoms with Gasteiger partial charge in [0, 0.05) is 49.6 Å². The first-order valence-corrected chi connectivity index (χ1v) is 20.7. The highest BCUT2D eigenvalue weighted by molar-refractivity contribution is 6.23. The Bertz CT molecular complexity index is 3600. The number of benzene rings is 10. The van der Waals surface area contributed by atoms with Crippen molar-refractivity contribution in [2.24, 2.45) is 0 Å². The predicted octanol–water partition coefficient (Wildman–Crippen LogP) is 16.8. The van der Waals surface area contributed by atoms with E-state index in [9.17, 15) is 0 Å². The van der Waals surface area contributed by atoms with Crippen molar-refractivity contribution in [3.8, 4) is 44.5 Å². The number of nitrogens with zero attached hydrogens (tertiary/aromatic N) is 1. The lowest BCUT2D eigenvalue weighted by molar-refractivity contribution is 0.669. The lowest BCUT2D eigenvalue weighted by Crippen LogP contribution is -2.10. The normalized spacial score (nSPS) is 11.6. The number of furan rings is 2. The van der Waals surface area contributed by atoms with E-state index in [0.29, 0.717) is 0 Å². The van der Waals surface area contributed by atoms with Crippen LogP contribution in [0, 0.1) is 0 Å². The molecular weight excluding hydrogens is 743 g/mol. The zero-order valence-corrected chi connectivity index (χ0v) is 33.1. The van der Waals surface area contributed by atoms with Gasteiger partial charge in [0.2, 0.25) is 0 Å². The first kappa shape index (κ1) is 34.9. The highest BCUT2D eigenvalue weighted by Crippen LogP contribution is 2.44. The number of hydrogen-bond donors (Lipinski definition) is 0. The second-order valence-corrected chi connectivity index (χ2v) is 15.7. The molecule has 0 aliphatic rings. The van der Waals surface area contributed by atoms with Crippen LogP contribution in [-0.4, -0.2) is 0 Å². The minimum atomic E-state index is 0.896. The quantitative estimate of drug-likeness (QED) is 0.161. The van der Waals surface area contributed by atoms with Crippen molar-refractivity contribution >= 4 is 71.7 Å². The second-order valence-electron chi connectivity index (χ2n) is 15.7.